The van der Waals surface area contributed by atoms with Crippen molar-refractivity contribution in [1.29, 1.82) is 0 Å². The number of aliphatic carboxylic acids is 1. The fraction of sp³-hybridized carbons (Fsp3) is 0.889. The van der Waals surface area contributed by atoms with Gasteiger partial charge < -0.3 is 10.4 Å². The molecule has 1 aliphatic rings. The Kier molecular flexibility index (Phi) is 10.4. The lowest BCUT2D eigenvalue weighted by Gasteiger charge is -2.28. The molecule has 1 fully saturated rings. The van der Waals surface area contributed by atoms with Crippen molar-refractivity contribution < 1.29 is 14.7 Å². The molecular formula is C18H33NO3S. The molecule has 1 saturated carbocycles. The zero-order valence-corrected chi connectivity index (χ0v) is 15.5. The van der Waals surface area contributed by atoms with Gasteiger partial charge in [-0.15, -0.1) is 0 Å². The van der Waals surface area contributed by atoms with Gasteiger partial charge >= 0.3 is 5.97 Å². The highest BCUT2D eigenvalue weighted by molar-refractivity contribution is 7.98. The average molecular weight is 344 g/mol. The Morgan fingerprint density at radius 2 is 1.87 bits per heavy atom. The van der Waals surface area contributed by atoms with Crippen LogP contribution in [0.4, 0.5) is 0 Å². The largest absolute Gasteiger partial charge is 0.480 e. The molecule has 1 atom stereocenters. The topological polar surface area (TPSA) is 66.4 Å². The summed E-state index contributed by atoms with van der Waals surface area (Å²) in [5, 5.41) is 11.9. The smallest absolute Gasteiger partial charge is 0.326 e. The van der Waals surface area contributed by atoms with Crippen LogP contribution in [0, 0.1) is 11.8 Å². The normalized spacial score (nSPS) is 22.5. The number of amides is 1. The lowest BCUT2D eigenvalue weighted by atomic mass is 9.79. The highest BCUT2D eigenvalue weighted by Gasteiger charge is 2.28. The van der Waals surface area contributed by atoms with Crippen LogP contribution in [-0.4, -0.2) is 35.0 Å². The van der Waals surface area contributed by atoms with Crippen LogP contribution >= 0.6 is 11.8 Å². The summed E-state index contributed by atoms with van der Waals surface area (Å²) in [6.07, 6.45) is 13.0. The molecule has 0 spiro atoms. The van der Waals surface area contributed by atoms with Crippen molar-refractivity contribution >= 4 is 23.6 Å². The van der Waals surface area contributed by atoms with Crippen LogP contribution in [0.5, 0.6) is 0 Å². The van der Waals surface area contributed by atoms with E-state index < -0.39 is 12.0 Å². The molecule has 0 bridgehead atoms. The standard InChI is InChI=1S/C18H33NO3S/c1-3-4-5-6-7-14-8-10-15(11-9-14)17(20)19-16(18(21)22)12-13-23-2/h14-16H,3-13H2,1-2H3,(H,19,20)(H,21,22). The van der Waals surface area contributed by atoms with Gasteiger partial charge in [0.2, 0.25) is 5.91 Å². The molecule has 1 amide bonds. The molecule has 23 heavy (non-hydrogen) atoms. The fourth-order valence-electron chi connectivity index (χ4n) is 3.36. The second-order valence-electron chi connectivity index (χ2n) is 6.75. The van der Waals surface area contributed by atoms with Gasteiger partial charge in [-0.2, -0.15) is 11.8 Å². The number of thioether (sulfide) groups is 1. The number of rotatable bonds is 11. The Bertz CT molecular complexity index is 354. The number of carbonyl (C=O) groups excluding carboxylic acids is 1. The summed E-state index contributed by atoms with van der Waals surface area (Å²) >= 11 is 1.61. The van der Waals surface area contributed by atoms with Crippen molar-refractivity contribution in [2.24, 2.45) is 11.8 Å². The molecule has 0 heterocycles. The Morgan fingerprint density at radius 3 is 2.43 bits per heavy atom. The van der Waals surface area contributed by atoms with Gasteiger partial charge in [-0.05, 0) is 50.0 Å². The summed E-state index contributed by atoms with van der Waals surface area (Å²) in [7, 11) is 0. The first-order chi connectivity index (χ1) is 11.1. The number of unbranched alkanes of at least 4 members (excludes halogenated alkanes) is 3. The van der Waals surface area contributed by atoms with E-state index in [1.54, 1.807) is 11.8 Å². The lowest BCUT2D eigenvalue weighted by molar-refractivity contribution is -0.142. The Hall–Kier alpha value is -0.710. The van der Waals surface area contributed by atoms with Crippen LogP contribution in [-0.2, 0) is 9.59 Å². The molecule has 2 N–H and O–H groups in total. The molecule has 1 aliphatic carbocycles. The predicted octanol–water partition coefficient (Wildman–Crippen LogP) is 4.09. The molecule has 0 aromatic heterocycles. The monoisotopic (exact) mass is 343 g/mol. The van der Waals surface area contributed by atoms with Gasteiger partial charge in [-0.3, -0.25) is 4.79 Å². The van der Waals surface area contributed by atoms with Gasteiger partial charge in [0.1, 0.15) is 6.04 Å². The molecule has 134 valence electrons. The molecule has 0 aromatic rings. The van der Waals surface area contributed by atoms with Crippen LogP contribution < -0.4 is 5.32 Å². The first-order valence-electron chi connectivity index (χ1n) is 9.10. The first kappa shape index (κ1) is 20.3. The maximum absolute atomic E-state index is 12.3. The second kappa shape index (κ2) is 11.8. The summed E-state index contributed by atoms with van der Waals surface area (Å²) < 4.78 is 0. The fourth-order valence-corrected chi connectivity index (χ4v) is 3.83. The van der Waals surface area contributed by atoms with E-state index in [4.69, 9.17) is 0 Å². The van der Waals surface area contributed by atoms with Crippen LogP contribution in [0.3, 0.4) is 0 Å². The summed E-state index contributed by atoms with van der Waals surface area (Å²) in [5.41, 5.74) is 0. The summed E-state index contributed by atoms with van der Waals surface area (Å²) in [5.74, 6) is 0.558. The highest BCUT2D eigenvalue weighted by Crippen LogP contribution is 2.32. The molecule has 0 aromatic carbocycles. The van der Waals surface area contributed by atoms with E-state index in [9.17, 15) is 14.7 Å². The van der Waals surface area contributed by atoms with Gasteiger partial charge in [0, 0.05) is 5.92 Å². The van der Waals surface area contributed by atoms with Gasteiger partial charge in [0.05, 0.1) is 0 Å². The van der Waals surface area contributed by atoms with E-state index in [1.165, 1.54) is 32.1 Å². The maximum Gasteiger partial charge on any atom is 0.326 e. The third kappa shape index (κ3) is 8.09. The quantitative estimate of drug-likeness (QED) is 0.555. The number of carboxylic acids is 1. The zero-order chi connectivity index (χ0) is 17.1. The van der Waals surface area contributed by atoms with Crippen molar-refractivity contribution in [3.8, 4) is 0 Å². The maximum atomic E-state index is 12.3. The number of hydrogen-bond acceptors (Lipinski definition) is 3. The van der Waals surface area contributed by atoms with Crippen LogP contribution in [0.2, 0.25) is 0 Å². The van der Waals surface area contributed by atoms with E-state index in [1.807, 2.05) is 6.26 Å². The van der Waals surface area contributed by atoms with Gasteiger partial charge in [0.15, 0.2) is 0 Å². The van der Waals surface area contributed by atoms with E-state index in [0.29, 0.717) is 6.42 Å². The molecule has 1 unspecified atom stereocenters. The van der Waals surface area contributed by atoms with E-state index in [-0.39, 0.29) is 11.8 Å². The van der Waals surface area contributed by atoms with Crippen molar-refractivity contribution in [2.75, 3.05) is 12.0 Å². The molecule has 5 heteroatoms. The van der Waals surface area contributed by atoms with Crippen molar-refractivity contribution in [3.05, 3.63) is 0 Å². The van der Waals surface area contributed by atoms with Crippen molar-refractivity contribution in [2.45, 2.75) is 77.2 Å². The Morgan fingerprint density at radius 1 is 1.17 bits per heavy atom. The highest BCUT2D eigenvalue weighted by atomic mass is 32.2. The third-order valence-corrected chi connectivity index (χ3v) is 5.55. The van der Waals surface area contributed by atoms with Crippen molar-refractivity contribution in [3.63, 3.8) is 0 Å². The minimum Gasteiger partial charge on any atom is -0.480 e. The molecule has 0 radical (unpaired) electrons. The lowest BCUT2D eigenvalue weighted by Crippen LogP contribution is -2.44. The van der Waals surface area contributed by atoms with Gasteiger partial charge in [-0.1, -0.05) is 39.0 Å². The molecular weight excluding hydrogens is 310 g/mol. The zero-order valence-electron chi connectivity index (χ0n) is 14.7. The average Bonchev–Trinajstić information content (AvgIpc) is 2.55. The van der Waals surface area contributed by atoms with Gasteiger partial charge in [0.25, 0.3) is 0 Å². The van der Waals surface area contributed by atoms with Crippen LogP contribution in [0.25, 0.3) is 0 Å². The molecule has 4 nitrogen and oxygen atoms in total. The number of hydrogen-bond donors (Lipinski definition) is 2. The molecule has 1 rings (SSSR count). The molecule has 0 aliphatic heterocycles. The second-order valence-corrected chi connectivity index (χ2v) is 7.73. The summed E-state index contributed by atoms with van der Waals surface area (Å²) in [6, 6.07) is -0.735. The van der Waals surface area contributed by atoms with E-state index in [0.717, 1.165) is 37.4 Å². The number of nitrogens with one attached hydrogen (secondary N) is 1. The van der Waals surface area contributed by atoms with Gasteiger partial charge in [-0.25, -0.2) is 4.79 Å². The minimum atomic E-state index is -0.919. The van der Waals surface area contributed by atoms with Crippen LogP contribution in [0.15, 0.2) is 0 Å². The third-order valence-electron chi connectivity index (χ3n) is 4.91. The minimum absolute atomic E-state index is 0.0121. The number of carboxylic acid groups (broad SMARTS) is 1. The SMILES string of the molecule is CCCCCCC1CCC(C(=O)NC(CCSC)C(=O)O)CC1. The van der Waals surface area contributed by atoms with E-state index >= 15 is 0 Å². The molecule has 0 saturated heterocycles. The summed E-state index contributed by atoms with van der Waals surface area (Å²) in [6.45, 7) is 2.23. The Labute approximate surface area is 145 Å². The van der Waals surface area contributed by atoms with E-state index in [2.05, 4.69) is 12.2 Å². The Balaban J connectivity index is 2.29. The summed E-state index contributed by atoms with van der Waals surface area (Å²) in [4.78, 5) is 23.5. The first-order valence-corrected chi connectivity index (χ1v) is 10.5. The predicted molar refractivity (Wildman–Crippen MR) is 96.8 cm³/mol. The van der Waals surface area contributed by atoms with Crippen LogP contribution in [0.1, 0.15) is 71.1 Å². The number of carbonyl (C=O) groups is 2. The van der Waals surface area contributed by atoms with Crippen molar-refractivity contribution in [1.82, 2.24) is 5.32 Å².